The molecular weight excluding hydrogens is 292 g/mol. The van der Waals surface area contributed by atoms with Crippen LogP contribution in [0.4, 0.5) is 10.8 Å². The molecule has 7 heteroatoms. The Labute approximate surface area is 126 Å². The standard InChI is InChI=1S/C13H16N4OS2/c1-7-4-5-8(2)10(6-7)15-11(18)9(3)19-13-17-16-12(14)20-13/h4-6,9H,1-3H3,(H2,14,16)(H,15,18). The molecule has 1 amide bonds. The lowest BCUT2D eigenvalue weighted by Gasteiger charge is -2.12. The molecule has 3 N–H and O–H groups in total. The number of thioether (sulfide) groups is 1. The summed E-state index contributed by atoms with van der Waals surface area (Å²) in [6.07, 6.45) is 0. The number of aromatic nitrogens is 2. The molecule has 1 heterocycles. The predicted octanol–water partition coefficient (Wildman–Crippen LogP) is 2.86. The van der Waals surface area contributed by atoms with Gasteiger partial charge in [-0.3, -0.25) is 4.79 Å². The summed E-state index contributed by atoms with van der Waals surface area (Å²) in [6.45, 7) is 5.80. The Bertz CT molecular complexity index is 627. The van der Waals surface area contributed by atoms with Gasteiger partial charge in [0.25, 0.3) is 0 Å². The molecule has 1 aromatic heterocycles. The van der Waals surface area contributed by atoms with Crippen molar-refractivity contribution in [2.24, 2.45) is 0 Å². The summed E-state index contributed by atoms with van der Waals surface area (Å²) in [5.74, 6) is -0.0579. The number of hydrogen-bond acceptors (Lipinski definition) is 6. The largest absolute Gasteiger partial charge is 0.374 e. The molecule has 0 aliphatic carbocycles. The Morgan fingerprint density at radius 3 is 2.80 bits per heavy atom. The third-order valence-electron chi connectivity index (χ3n) is 2.72. The predicted molar refractivity (Wildman–Crippen MR) is 84.2 cm³/mol. The van der Waals surface area contributed by atoms with Gasteiger partial charge >= 0.3 is 0 Å². The molecule has 0 saturated heterocycles. The highest BCUT2D eigenvalue weighted by Gasteiger charge is 2.17. The van der Waals surface area contributed by atoms with Crippen LogP contribution in [-0.4, -0.2) is 21.4 Å². The number of carbonyl (C=O) groups is 1. The number of anilines is 2. The lowest BCUT2D eigenvalue weighted by Crippen LogP contribution is -2.22. The summed E-state index contributed by atoms with van der Waals surface area (Å²) in [6, 6.07) is 5.98. The van der Waals surface area contributed by atoms with Crippen LogP contribution in [0.25, 0.3) is 0 Å². The highest BCUT2D eigenvalue weighted by molar-refractivity contribution is 8.02. The fraction of sp³-hybridized carbons (Fsp3) is 0.308. The highest BCUT2D eigenvalue weighted by atomic mass is 32.2. The van der Waals surface area contributed by atoms with Crippen molar-refractivity contribution in [2.75, 3.05) is 11.1 Å². The zero-order valence-electron chi connectivity index (χ0n) is 11.5. The van der Waals surface area contributed by atoms with Crippen LogP contribution in [0.5, 0.6) is 0 Å². The first kappa shape index (κ1) is 14.8. The minimum absolute atomic E-state index is 0.0579. The topological polar surface area (TPSA) is 80.9 Å². The second-order valence-corrected chi connectivity index (χ2v) is 7.07. The normalized spacial score (nSPS) is 12.2. The average molecular weight is 308 g/mol. The van der Waals surface area contributed by atoms with Crippen LogP contribution < -0.4 is 11.1 Å². The quantitative estimate of drug-likeness (QED) is 0.849. The van der Waals surface area contributed by atoms with Crippen LogP contribution in [0.3, 0.4) is 0 Å². The average Bonchev–Trinajstić information content (AvgIpc) is 2.79. The first-order valence-corrected chi connectivity index (χ1v) is 7.79. The molecule has 0 spiro atoms. The number of nitrogens with zero attached hydrogens (tertiary/aromatic N) is 2. The second-order valence-electron chi connectivity index (χ2n) is 4.47. The van der Waals surface area contributed by atoms with Crippen LogP contribution in [0.1, 0.15) is 18.1 Å². The number of carbonyl (C=O) groups excluding carboxylic acids is 1. The summed E-state index contributed by atoms with van der Waals surface area (Å²) >= 11 is 2.64. The van der Waals surface area contributed by atoms with Gasteiger partial charge in [-0.05, 0) is 38.0 Å². The van der Waals surface area contributed by atoms with E-state index in [1.807, 2.05) is 39.0 Å². The number of benzene rings is 1. The van der Waals surface area contributed by atoms with Crippen LogP contribution in [0.2, 0.25) is 0 Å². The lowest BCUT2D eigenvalue weighted by atomic mass is 10.1. The maximum atomic E-state index is 12.2. The van der Waals surface area contributed by atoms with Crippen LogP contribution in [-0.2, 0) is 4.79 Å². The second kappa shape index (κ2) is 6.23. The lowest BCUT2D eigenvalue weighted by molar-refractivity contribution is -0.115. The molecule has 0 radical (unpaired) electrons. The highest BCUT2D eigenvalue weighted by Crippen LogP contribution is 2.28. The Morgan fingerprint density at radius 1 is 1.40 bits per heavy atom. The van der Waals surface area contributed by atoms with Crippen molar-refractivity contribution in [3.63, 3.8) is 0 Å². The van der Waals surface area contributed by atoms with E-state index in [0.717, 1.165) is 16.8 Å². The minimum Gasteiger partial charge on any atom is -0.374 e. The van der Waals surface area contributed by atoms with Gasteiger partial charge in [-0.2, -0.15) is 0 Å². The van der Waals surface area contributed by atoms with Gasteiger partial charge in [-0.1, -0.05) is 35.2 Å². The van der Waals surface area contributed by atoms with Gasteiger partial charge in [0.2, 0.25) is 11.0 Å². The summed E-state index contributed by atoms with van der Waals surface area (Å²) < 4.78 is 0.700. The fourth-order valence-electron chi connectivity index (χ4n) is 1.58. The summed E-state index contributed by atoms with van der Waals surface area (Å²) in [5.41, 5.74) is 8.52. The van der Waals surface area contributed by atoms with Crippen molar-refractivity contribution < 1.29 is 4.79 Å². The molecular formula is C13H16N4OS2. The van der Waals surface area contributed by atoms with Gasteiger partial charge in [0.15, 0.2) is 4.34 Å². The number of nitrogens with one attached hydrogen (secondary N) is 1. The molecule has 1 atom stereocenters. The monoisotopic (exact) mass is 308 g/mol. The van der Waals surface area contributed by atoms with E-state index in [0.29, 0.717) is 9.47 Å². The zero-order valence-corrected chi connectivity index (χ0v) is 13.1. The third kappa shape index (κ3) is 3.71. The summed E-state index contributed by atoms with van der Waals surface area (Å²) in [5, 5.41) is 10.7. The van der Waals surface area contributed by atoms with Gasteiger partial charge in [0.05, 0.1) is 5.25 Å². The first-order chi connectivity index (χ1) is 9.45. The number of rotatable bonds is 4. The van der Waals surface area contributed by atoms with Crippen LogP contribution in [0, 0.1) is 13.8 Å². The van der Waals surface area contributed by atoms with Crippen molar-refractivity contribution in [1.29, 1.82) is 0 Å². The Morgan fingerprint density at radius 2 is 2.15 bits per heavy atom. The third-order valence-corrected chi connectivity index (χ3v) is 4.66. The van der Waals surface area contributed by atoms with Crippen LogP contribution >= 0.6 is 23.1 Å². The van der Waals surface area contributed by atoms with Gasteiger partial charge in [-0.15, -0.1) is 10.2 Å². The molecule has 0 bridgehead atoms. The van der Waals surface area contributed by atoms with E-state index in [4.69, 9.17) is 5.73 Å². The fourth-order valence-corrected chi connectivity index (χ4v) is 3.36. The molecule has 1 aromatic carbocycles. The molecule has 0 fully saturated rings. The summed E-state index contributed by atoms with van der Waals surface area (Å²) in [7, 11) is 0. The molecule has 106 valence electrons. The molecule has 2 aromatic rings. The number of nitrogens with two attached hydrogens (primary N) is 1. The summed E-state index contributed by atoms with van der Waals surface area (Å²) in [4.78, 5) is 12.2. The van der Waals surface area contributed by atoms with Crippen molar-refractivity contribution in [1.82, 2.24) is 10.2 Å². The number of hydrogen-bond donors (Lipinski definition) is 2. The van der Waals surface area contributed by atoms with Crippen molar-refractivity contribution in [3.05, 3.63) is 29.3 Å². The van der Waals surface area contributed by atoms with E-state index < -0.39 is 0 Å². The van der Waals surface area contributed by atoms with Crippen LogP contribution in [0.15, 0.2) is 22.5 Å². The number of amides is 1. The first-order valence-electron chi connectivity index (χ1n) is 6.09. The molecule has 0 aliphatic rings. The minimum atomic E-state index is -0.262. The maximum Gasteiger partial charge on any atom is 0.237 e. The molecule has 5 nitrogen and oxygen atoms in total. The van der Waals surface area contributed by atoms with Crippen molar-refractivity contribution in [2.45, 2.75) is 30.4 Å². The smallest absolute Gasteiger partial charge is 0.237 e. The molecule has 0 aliphatic heterocycles. The Kier molecular flexibility index (Phi) is 4.61. The maximum absolute atomic E-state index is 12.2. The number of aryl methyl sites for hydroxylation is 2. The van der Waals surface area contributed by atoms with Gasteiger partial charge in [-0.25, -0.2) is 0 Å². The Balaban J connectivity index is 2.02. The van der Waals surface area contributed by atoms with E-state index in [9.17, 15) is 4.79 Å². The SMILES string of the molecule is Cc1ccc(C)c(NC(=O)C(C)Sc2nnc(N)s2)c1. The Hall–Kier alpha value is -1.60. The molecule has 0 saturated carbocycles. The molecule has 2 rings (SSSR count). The van der Waals surface area contributed by atoms with Crippen molar-refractivity contribution >= 4 is 39.8 Å². The van der Waals surface area contributed by atoms with E-state index in [1.54, 1.807) is 0 Å². The van der Waals surface area contributed by atoms with E-state index in [-0.39, 0.29) is 11.2 Å². The van der Waals surface area contributed by atoms with Crippen molar-refractivity contribution in [3.8, 4) is 0 Å². The van der Waals surface area contributed by atoms with E-state index in [2.05, 4.69) is 15.5 Å². The van der Waals surface area contributed by atoms with E-state index >= 15 is 0 Å². The molecule has 1 unspecified atom stereocenters. The molecule has 20 heavy (non-hydrogen) atoms. The zero-order chi connectivity index (χ0) is 14.7. The van der Waals surface area contributed by atoms with Gasteiger partial charge in [0.1, 0.15) is 0 Å². The van der Waals surface area contributed by atoms with Gasteiger partial charge < -0.3 is 11.1 Å². The van der Waals surface area contributed by atoms with E-state index in [1.165, 1.54) is 23.1 Å². The number of nitrogen functional groups attached to an aromatic ring is 1. The van der Waals surface area contributed by atoms with Gasteiger partial charge in [0, 0.05) is 5.69 Å².